The van der Waals surface area contributed by atoms with Gasteiger partial charge in [0, 0.05) is 12.2 Å². The first-order valence-electron chi connectivity index (χ1n) is 6.59. The van der Waals surface area contributed by atoms with Crippen LogP contribution in [-0.2, 0) is 0 Å². The zero-order valence-corrected chi connectivity index (χ0v) is 12.7. The van der Waals surface area contributed by atoms with Crippen LogP contribution in [0.4, 0.5) is 5.69 Å². The maximum absolute atomic E-state index is 10.9. The van der Waals surface area contributed by atoms with Gasteiger partial charge in [-0.3, -0.25) is 0 Å². The first kappa shape index (κ1) is 15.8. The summed E-state index contributed by atoms with van der Waals surface area (Å²) in [7, 11) is 0. The highest BCUT2D eigenvalue weighted by atomic mass is 35.5. The molecule has 0 aromatic heterocycles. The molecule has 0 aliphatic carbocycles. The molecule has 0 saturated carbocycles. The van der Waals surface area contributed by atoms with Crippen LogP contribution in [0.1, 0.15) is 38.1 Å². The minimum Gasteiger partial charge on any atom is -0.478 e. The molecule has 0 saturated heterocycles. The molecule has 0 bridgehead atoms. The second-order valence-corrected chi connectivity index (χ2v) is 5.94. The van der Waals surface area contributed by atoms with Crippen LogP contribution in [0.25, 0.3) is 0 Å². The monoisotopic (exact) mass is 283 g/mol. The average molecular weight is 284 g/mol. The first-order chi connectivity index (χ1) is 8.82. The van der Waals surface area contributed by atoms with Crippen LogP contribution in [0.15, 0.2) is 18.2 Å². The van der Waals surface area contributed by atoms with Crippen molar-refractivity contribution in [1.29, 1.82) is 0 Å². The van der Waals surface area contributed by atoms with E-state index in [0.717, 1.165) is 12.2 Å². The summed E-state index contributed by atoms with van der Waals surface area (Å²) in [5.74, 6) is 0.763. The van der Waals surface area contributed by atoms with Crippen molar-refractivity contribution in [3.05, 3.63) is 28.8 Å². The number of nitrogens with one attached hydrogen (secondary N) is 1. The van der Waals surface area contributed by atoms with Crippen molar-refractivity contribution in [1.82, 2.24) is 0 Å². The van der Waals surface area contributed by atoms with Gasteiger partial charge < -0.3 is 10.4 Å². The Morgan fingerprint density at radius 1 is 1.26 bits per heavy atom. The molecule has 0 unspecified atom stereocenters. The van der Waals surface area contributed by atoms with E-state index in [9.17, 15) is 4.79 Å². The van der Waals surface area contributed by atoms with Crippen LogP contribution >= 0.6 is 11.6 Å². The van der Waals surface area contributed by atoms with Gasteiger partial charge in [0.05, 0.1) is 10.6 Å². The Bertz CT molecular complexity index is 436. The van der Waals surface area contributed by atoms with E-state index in [1.807, 2.05) is 0 Å². The number of benzene rings is 1. The molecule has 1 rings (SSSR count). The van der Waals surface area contributed by atoms with Gasteiger partial charge in [0.1, 0.15) is 0 Å². The van der Waals surface area contributed by atoms with Gasteiger partial charge in [0.15, 0.2) is 0 Å². The lowest BCUT2D eigenvalue weighted by Gasteiger charge is -2.25. The predicted octanol–water partition coefficient (Wildman–Crippen LogP) is 4.38. The van der Waals surface area contributed by atoms with E-state index in [0.29, 0.717) is 17.8 Å². The van der Waals surface area contributed by atoms with Crippen molar-refractivity contribution in [3.8, 4) is 0 Å². The molecule has 106 valence electrons. The van der Waals surface area contributed by atoms with E-state index >= 15 is 0 Å². The van der Waals surface area contributed by atoms with Gasteiger partial charge in [0.2, 0.25) is 0 Å². The number of hydrogen-bond donors (Lipinski definition) is 2. The number of hydrogen-bond acceptors (Lipinski definition) is 2. The average Bonchev–Trinajstić information content (AvgIpc) is 2.27. The third-order valence-corrected chi connectivity index (χ3v) is 3.77. The molecule has 0 aliphatic rings. The van der Waals surface area contributed by atoms with E-state index in [1.165, 1.54) is 6.07 Å². The van der Waals surface area contributed by atoms with Crippen molar-refractivity contribution in [2.45, 2.75) is 27.7 Å². The lowest BCUT2D eigenvalue weighted by atomic mass is 9.85. The minimum atomic E-state index is -1.00. The summed E-state index contributed by atoms with van der Waals surface area (Å²) in [5, 5.41) is 12.5. The molecular formula is C15H22ClNO2. The fourth-order valence-electron chi connectivity index (χ4n) is 2.28. The summed E-state index contributed by atoms with van der Waals surface area (Å²) in [4.78, 5) is 10.9. The molecule has 0 fully saturated rings. The quantitative estimate of drug-likeness (QED) is 0.814. The minimum absolute atomic E-state index is 0.136. The van der Waals surface area contributed by atoms with Crippen LogP contribution in [0.5, 0.6) is 0 Å². The molecular weight excluding hydrogens is 262 g/mol. The summed E-state index contributed by atoms with van der Waals surface area (Å²) >= 11 is 5.94. The second-order valence-electron chi connectivity index (χ2n) is 5.53. The van der Waals surface area contributed by atoms with Crippen molar-refractivity contribution in [3.63, 3.8) is 0 Å². The topological polar surface area (TPSA) is 49.3 Å². The zero-order chi connectivity index (χ0) is 14.6. The molecule has 0 atom stereocenters. The normalized spacial score (nSPS) is 11.4. The second kappa shape index (κ2) is 6.80. The number of carboxylic acid groups (broad SMARTS) is 1. The van der Waals surface area contributed by atoms with Gasteiger partial charge in [-0.05, 0) is 36.0 Å². The smallest absolute Gasteiger partial charge is 0.337 e. The van der Waals surface area contributed by atoms with Gasteiger partial charge in [-0.1, -0.05) is 39.3 Å². The number of anilines is 1. The molecule has 2 N–H and O–H groups in total. The maximum atomic E-state index is 10.9. The Morgan fingerprint density at radius 2 is 1.84 bits per heavy atom. The lowest BCUT2D eigenvalue weighted by Crippen LogP contribution is -2.24. The van der Waals surface area contributed by atoms with Gasteiger partial charge in [-0.2, -0.15) is 0 Å². The Balaban J connectivity index is 2.73. The maximum Gasteiger partial charge on any atom is 0.337 e. The Kier molecular flexibility index (Phi) is 5.67. The molecule has 0 spiro atoms. The molecule has 4 heteroatoms. The van der Waals surface area contributed by atoms with Crippen LogP contribution in [0.3, 0.4) is 0 Å². The SMILES string of the molecule is CC(C)C(CNc1ccc(C(=O)O)c(Cl)c1)C(C)C. The highest BCUT2D eigenvalue weighted by Gasteiger charge is 2.17. The zero-order valence-electron chi connectivity index (χ0n) is 11.9. The Hall–Kier alpha value is -1.22. The number of aromatic carboxylic acids is 1. The number of rotatable bonds is 6. The fraction of sp³-hybridized carbons (Fsp3) is 0.533. The van der Waals surface area contributed by atoms with Gasteiger partial charge >= 0.3 is 5.97 Å². The summed E-state index contributed by atoms with van der Waals surface area (Å²) < 4.78 is 0. The number of carboxylic acids is 1. The highest BCUT2D eigenvalue weighted by molar-refractivity contribution is 6.33. The Labute approximate surface area is 120 Å². The largest absolute Gasteiger partial charge is 0.478 e. The van der Waals surface area contributed by atoms with Gasteiger partial charge in [0.25, 0.3) is 0 Å². The van der Waals surface area contributed by atoms with Crippen molar-refractivity contribution >= 4 is 23.3 Å². The number of halogens is 1. The molecule has 3 nitrogen and oxygen atoms in total. The van der Waals surface area contributed by atoms with Crippen LogP contribution in [-0.4, -0.2) is 17.6 Å². The van der Waals surface area contributed by atoms with Gasteiger partial charge in [-0.15, -0.1) is 0 Å². The summed E-state index contributed by atoms with van der Waals surface area (Å²) in [6.45, 7) is 9.72. The third kappa shape index (κ3) is 4.43. The third-order valence-electron chi connectivity index (χ3n) is 3.45. The fourth-order valence-corrected chi connectivity index (χ4v) is 2.54. The van der Waals surface area contributed by atoms with Crippen molar-refractivity contribution in [2.75, 3.05) is 11.9 Å². The predicted molar refractivity (Wildman–Crippen MR) is 80.1 cm³/mol. The van der Waals surface area contributed by atoms with Crippen LogP contribution < -0.4 is 5.32 Å². The summed E-state index contributed by atoms with van der Waals surface area (Å²) in [6, 6.07) is 4.96. The molecule has 0 aliphatic heterocycles. The van der Waals surface area contributed by atoms with E-state index in [1.54, 1.807) is 12.1 Å². The van der Waals surface area contributed by atoms with Crippen molar-refractivity contribution in [2.24, 2.45) is 17.8 Å². The van der Waals surface area contributed by atoms with E-state index in [2.05, 4.69) is 33.0 Å². The molecule has 1 aromatic rings. The van der Waals surface area contributed by atoms with Gasteiger partial charge in [-0.25, -0.2) is 4.79 Å². The number of carbonyl (C=O) groups is 1. The molecule has 19 heavy (non-hydrogen) atoms. The standard InChI is InChI=1S/C15H22ClNO2/c1-9(2)13(10(3)4)8-17-11-5-6-12(15(18)19)14(16)7-11/h5-7,9-10,13,17H,8H2,1-4H3,(H,18,19). The highest BCUT2D eigenvalue weighted by Crippen LogP contribution is 2.24. The molecule has 0 radical (unpaired) electrons. The summed E-state index contributed by atoms with van der Waals surface area (Å²) in [5.41, 5.74) is 0.998. The van der Waals surface area contributed by atoms with E-state index in [4.69, 9.17) is 16.7 Å². The van der Waals surface area contributed by atoms with Crippen molar-refractivity contribution < 1.29 is 9.90 Å². The van der Waals surface area contributed by atoms with E-state index in [-0.39, 0.29) is 10.6 Å². The molecule has 0 amide bonds. The molecule has 1 aromatic carbocycles. The summed E-state index contributed by atoms with van der Waals surface area (Å²) in [6.07, 6.45) is 0. The lowest BCUT2D eigenvalue weighted by molar-refractivity contribution is 0.0697. The Morgan fingerprint density at radius 3 is 2.26 bits per heavy atom. The van der Waals surface area contributed by atoms with Crippen LogP contribution in [0.2, 0.25) is 5.02 Å². The first-order valence-corrected chi connectivity index (χ1v) is 6.97. The van der Waals surface area contributed by atoms with E-state index < -0.39 is 5.97 Å². The molecule has 0 heterocycles. The van der Waals surface area contributed by atoms with Crippen LogP contribution in [0, 0.1) is 17.8 Å².